The van der Waals surface area contributed by atoms with Gasteiger partial charge in [0, 0.05) is 17.7 Å². The minimum absolute atomic E-state index is 0.00706. The van der Waals surface area contributed by atoms with Crippen molar-refractivity contribution in [2.75, 3.05) is 16.4 Å². The molecule has 6 nitrogen and oxygen atoms in total. The van der Waals surface area contributed by atoms with E-state index in [0.29, 0.717) is 16.7 Å². The number of aromatic nitrogens is 3. The molecule has 0 unspecified atom stereocenters. The minimum atomic E-state index is -0.00706. The number of hydrogen-bond acceptors (Lipinski definition) is 6. The first kappa shape index (κ1) is 20.0. The lowest BCUT2D eigenvalue weighted by Crippen LogP contribution is -2.39. The van der Waals surface area contributed by atoms with E-state index in [4.69, 9.17) is 4.42 Å². The molecule has 4 aromatic rings. The lowest BCUT2D eigenvalue weighted by Gasteiger charge is -2.37. The van der Waals surface area contributed by atoms with Crippen molar-refractivity contribution in [2.24, 2.45) is 7.05 Å². The second kappa shape index (κ2) is 8.64. The summed E-state index contributed by atoms with van der Waals surface area (Å²) in [7, 11) is 1.88. The van der Waals surface area contributed by atoms with Crippen LogP contribution in [0.4, 0.5) is 5.69 Å². The van der Waals surface area contributed by atoms with E-state index in [1.54, 1.807) is 18.0 Å². The van der Waals surface area contributed by atoms with Crippen molar-refractivity contribution in [3.63, 3.8) is 0 Å². The summed E-state index contributed by atoms with van der Waals surface area (Å²) in [6.45, 7) is 0. The topological polar surface area (TPSA) is 64.2 Å². The Labute approximate surface area is 188 Å². The van der Waals surface area contributed by atoms with Crippen LogP contribution in [0.2, 0.25) is 0 Å². The van der Waals surface area contributed by atoms with Crippen LogP contribution in [-0.4, -0.2) is 32.2 Å². The molecule has 0 fully saturated rings. The molecule has 0 saturated carbocycles. The number of thioether (sulfide) groups is 2. The molecule has 8 heteroatoms. The highest BCUT2D eigenvalue weighted by molar-refractivity contribution is 8.00. The number of benzene rings is 2. The molecule has 31 heavy (non-hydrogen) atoms. The summed E-state index contributed by atoms with van der Waals surface area (Å²) in [5, 5.41) is 9.15. The second-order valence-corrected chi connectivity index (χ2v) is 9.10. The maximum Gasteiger partial charge on any atom is 0.238 e. The predicted octanol–water partition coefficient (Wildman–Crippen LogP) is 5.05. The van der Waals surface area contributed by atoms with Crippen molar-refractivity contribution in [3.8, 4) is 11.6 Å². The van der Waals surface area contributed by atoms with Gasteiger partial charge in [0.1, 0.15) is 0 Å². The molecule has 156 valence electrons. The van der Waals surface area contributed by atoms with Gasteiger partial charge in [-0.15, -0.1) is 22.0 Å². The van der Waals surface area contributed by atoms with Crippen molar-refractivity contribution in [1.29, 1.82) is 0 Å². The van der Waals surface area contributed by atoms with Gasteiger partial charge in [0.2, 0.25) is 5.91 Å². The maximum atomic E-state index is 13.5. The second-order valence-electron chi connectivity index (χ2n) is 7.10. The number of rotatable bonds is 5. The van der Waals surface area contributed by atoms with Crippen LogP contribution < -0.4 is 4.90 Å². The zero-order chi connectivity index (χ0) is 21.2. The zero-order valence-electron chi connectivity index (χ0n) is 16.8. The highest BCUT2D eigenvalue weighted by Gasteiger charge is 2.32. The van der Waals surface area contributed by atoms with Crippen molar-refractivity contribution < 1.29 is 9.21 Å². The molecule has 1 aliphatic rings. The van der Waals surface area contributed by atoms with Gasteiger partial charge in [-0.2, -0.15) is 0 Å². The average molecular weight is 449 g/mol. The average Bonchev–Trinajstić information content (AvgIpc) is 3.47. The molecule has 1 aliphatic heterocycles. The van der Waals surface area contributed by atoms with Gasteiger partial charge in [-0.3, -0.25) is 4.79 Å². The minimum Gasteiger partial charge on any atom is -0.461 e. The molecular weight excluding hydrogens is 428 g/mol. The van der Waals surface area contributed by atoms with Crippen molar-refractivity contribution in [1.82, 2.24) is 14.8 Å². The molecular formula is C23H20N4O2S2. The number of amides is 1. The summed E-state index contributed by atoms with van der Waals surface area (Å²) < 4.78 is 7.28. The highest BCUT2D eigenvalue weighted by Crippen LogP contribution is 2.43. The van der Waals surface area contributed by atoms with E-state index in [-0.39, 0.29) is 17.7 Å². The number of anilines is 1. The lowest BCUT2D eigenvalue weighted by molar-refractivity contribution is -0.116. The SMILES string of the molecule is Cn1c(SCC(=O)N2c3ccccc3SC[C@@H]2c2ccccc2)nnc1-c1ccco1. The number of para-hydroxylation sites is 1. The molecule has 5 rings (SSSR count). The first-order chi connectivity index (χ1) is 15.2. The van der Waals surface area contributed by atoms with Gasteiger partial charge in [-0.05, 0) is 29.8 Å². The Bertz CT molecular complexity index is 1190. The predicted molar refractivity (Wildman–Crippen MR) is 123 cm³/mol. The van der Waals surface area contributed by atoms with E-state index in [9.17, 15) is 4.79 Å². The van der Waals surface area contributed by atoms with Crippen molar-refractivity contribution in [2.45, 2.75) is 16.1 Å². The van der Waals surface area contributed by atoms with Crippen LogP contribution in [0, 0.1) is 0 Å². The van der Waals surface area contributed by atoms with E-state index < -0.39 is 0 Å². The number of nitrogens with zero attached hydrogens (tertiary/aromatic N) is 4. The van der Waals surface area contributed by atoms with Crippen LogP contribution in [0.1, 0.15) is 11.6 Å². The molecule has 2 aromatic carbocycles. The van der Waals surface area contributed by atoms with Crippen molar-refractivity contribution in [3.05, 3.63) is 78.6 Å². The van der Waals surface area contributed by atoms with Crippen molar-refractivity contribution >= 4 is 35.1 Å². The molecule has 0 radical (unpaired) electrons. The van der Waals surface area contributed by atoms with E-state index in [0.717, 1.165) is 21.9 Å². The molecule has 0 bridgehead atoms. The fourth-order valence-corrected chi connectivity index (χ4v) is 5.61. The van der Waals surface area contributed by atoms with Gasteiger partial charge in [0.25, 0.3) is 0 Å². The third-order valence-electron chi connectivity index (χ3n) is 5.19. The highest BCUT2D eigenvalue weighted by atomic mass is 32.2. The van der Waals surface area contributed by atoms with Crippen LogP contribution in [0.5, 0.6) is 0 Å². The molecule has 0 spiro atoms. The van der Waals surface area contributed by atoms with E-state index >= 15 is 0 Å². The maximum absolute atomic E-state index is 13.5. The Morgan fingerprint density at radius 2 is 1.90 bits per heavy atom. The third-order valence-corrected chi connectivity index (χ3v) is 7.33. The van der Waals surface area contributed by atoms with Gasteiger partial charge in [0.05, 0.1) is 23.7 Å². The van der Waals surface area contributed by atoms with Gasteiger partial charge in [0.15, 0.2) is 16.7 Å². The summed E-state index contributed by atoms with van der Waals surface area (Å²) >= 11 is 3.18. The summed E-state index contributed by atoms with van der Waals surface area (Å²) in [6.07, 6.45) is 1.61. The molecule has 2 aromatic heterocycles. The smallest absolute Gasteiger partial charge is 0.238 e. The monoisotopic (exact) mass is 448 g/mol. The Morgan fingerprint density at radius 3 is 2.71 bits per heavy atom. The molecule has 0 N–H and O–H groups in total. The van der Waals surface area contributed by atoms with Crippen LogP contribution in [0.3, 0.4) is 0 Å². The normalized spacial score (nSPS) is 15.6. The van der Waals surface area contributed by atoms with Gasteiger partial charge in [-0.1, -0.05) is 54.2 Å². The first-order valence-corrected chi connectivity index (χ1v) is 11.8. The van der Waals surface area contributed by atoms with Gasteiger partial charge < -0.3 is 13.9 Å². The number of furan rings is 1. The quantitative estimate of drug-likeness (QED) is 0.398. The number of carbonyl (C=O) groups is 1. The van der Waals surface area contributed by atoms with Crippen LogP contribution in [-0.2, 0) is 11.8 Å². The van der Waals surface area contributed by atoms with Gasteiger partial charge >= 0.3 is 0 Å². The lowest BCUT2D eigenvalue weighted by atomic mass is 10.1. The molecule has 1 atom stereocenters. The van der Waals surface area contributed by atoms with E-state index in [1.807, 2.05) is 65.0 Å². The van der Waals surface area contributed by atoms with E-state index in [1.165, 1.54) is 11.8 Å². The molecule has 3 heterocycles. The third kappa shape index (κ3) is 3.88. The summed E-state index contributed by atoms with van der Waals surface area (Å²) in [4.78, 5) is 16.6. The Hall–Kier alpha value is -2.97. The Morgan fingerprint density at radius 1 is 1.10 bits per heavy atom. The molecule has 0 saturated heterocycles. The number of fused-ring (bicyclic) bond motifs is 1. The summed E-state index contributed by atoms with van der Waals surface area (Å²) in [6, 6.07) is 22.0. The van der Waals surface area contributed by atoms with Crippen LogP contribution in [0.15, 0.2) is 87.5 Å². The number of hydrogen-bond donors (Lipinski definition) is 0. The van der Waals surface area contributed by atoms with Crippen LogP contribution in [0.25, 0.3) is 11.6 Å². The molecule has 1 amide bonds. The standard InChI is InChI=1S/C23H20N4O2S2/c1-26-22(19-11-7-13-29-19)24-25-23(26)31-15-21(28)27-17-10-5-6-12-20(17)30-14-18(27)16-8-3-2-4-9-16/h2-13,18H,14-15H2,1H3/t18-/m1/s1. The van der Waals surface area contributed by atoms with Gasteiger partial charge in [-0.25, -0.2) is 0 Å². The Balaban J connectivity index is 1.40. The Kier molecular flexibility index (Phi) is 5.57. The first-order valence-electron chi connectivity index (χ1n) is 9.87. The zero-order valence-corrected chi connectivity index (χ0v) is 18.5. The fraction of sp³-hybridized carbons (Fsp3) is 0.174. The summed E-state index contributed by atoms with van der Waals surface area (Å²) in [5.74, 6) is 2.44. The van der Waals surface area contributed by atoms with Crippen LogP contribution >= 0.6 is 23.5 Å². The largest absolute Gasteiger partial charge is 0.461 e. The molecule has 0 aliphatic carbocycles. The number of carbonyl (C=O) groups excluding carboxylic acids is 1. The summed E-state index contributed by atoms with van der Waals surface area (Å²) in [5.41, 5.74) is 2.11. The van der Waals surface area contributed by atoms with E-state index in [2.05, 4.69) is 28.4 Å². The fourth-order valence-electron chi connectivity index (χ4n) is 3.67.